The Labute approximate surface area is 197 Å². The van der Waals surface area contributed by atoms with Crippen LogP contribution in [0.25, 0.3) is 6.08 Å². The number of alkyl carbamates (subject to hydrolysis) is 1. The summed E-state index contributed by atoms with van der Waals surface area (Å²) in [6.45, 7) is 15.4. The molecular weight excluding hydrogens is 418 g/mol. The molecule has 0 saturated heterocycles. The summed E-state index contributed by atoms with van der Waals surface area (Å²) in [5, 5.41) is 5.63. The smallest absolute Gasteiger partial charge is 0.408 e. The average Bonchev–Trinajstić information content (AvgIpc) is 3.45. The van der Waals surface area contributed by atoms with E-state index in [4.69, 9.17) is 4.74 Å². The van der Waals surface area contributed by atoms with Crippen LogP contribution < -0.4 is 10.6 Å². The summed E-state index contributed by atoms with van der Waals surface area (Å²) < 4.78 is 5.31. The van der Waals surface area contributed by atoms with E-state index < -0.39 is 23.8 Å². The van der Waals surface area contributed by atoms with Gasteiger partial charge in [-0.2, -0.15) is 0 Å². The van der Waals surface area contributed by atoms with Crippen LogP contribution in [0.15, 0.2) is 30.8 Å². The molecule has 4 unspecified atom stereocenters. The average molecular weight is 458 g/mol. The molecule has 182 valence electrons. The highest BCUT2D eigenvalue weighted by Crippen LogP contribution is 2.40. The topological polar surface area (TPSA) is 87.7 Å². The van der Waals surface area contributed by atoms with Crippen molar-refractivity contribution in [2.75, 3.05) is 6.54 Å². The second-order valence-corrected chi connectivity index (χ2v) is 9.82. The van der Waals surface area contributed by atoms with Gasteiger partial charge < -0.3 is 20.3 Å². The Morgan fingerprint density at radius 3 is 2.52 bits per heavy atom. The number of benzene rings is 1. The molecule has 1 fully saturated rings. The van der Waals surface area contributed by atoms with Gasteiger partial charge in [0.1, 0.15) is 17.7 Å². The number of rotatable bonds is 10. The number of ether oxygens (including phenoxy) is 1. The second-order valence-electron chi connectivity index (χ2n) is 9.82. The van der Waals surface area contributed by atoms with Gasteiger partial charge in [-0.1, -0.05) is 51.1 Å². The third-order valence-corrected chi connectivity index (χ3v) is 5.60. The van der Waals surface area contributed by atoms with Crippen molar-refractivity contribution < 1.29 is 19.1 Å². The lowest BCUT2D eigenvalue weighted by Crippen LogP contribution is -2.53. The molecule has 0 spiro atoms. The Bertz CT molecular complexity index is 861. The van der Waals surface area contributed by atoms with Crippen LogP contribution in [-0.4, -0.2) is 47.0 Å². The van der Waals surface area contributed by atoms with Crippen molar-refractivity contribution in [1.82, 2.24) is 15.5 Å². The van der Waals surface area contributed by atoms with Crippen LogP contribution in [0.5, 0.6) is 0 Å². The number of carbonyl (C=O) groups excluding carboxylic acids is 3. The summed E-state index contributed by atoms with van der Waals surface area (Å²) in [6.07, 6.45) is 3.68. The zero-order valence-corrected chi connectivity index (χ0v) is 20.8. The number of amides is 3. The SMILES string of the molecule is C=Cc1cccc(C(C(=O)NCCCC)N(C(=O)C(C)NC(=O)OC(C)(C)C)C2CC2C)c1. The zero-order chi connectivity index (χ0) is 24.8. The Kier molecular flexibility index (Phi) is 9.08. The third-order valence-electron chi connectivity index (χ3n) is 5.60. The molecular formula is C26H39N3O4. The predicted molar refractivity (Wildman–Crippen MR) is 130 cm³/mol. The van der Waals surface area contributed by atoms with Crippen molar-refractivity contribution >= 4 is 24.0 Å². The molecule has 0 aromatic heterocycles. The molecule has 7 nitrogen and oxygen atoms in total. The standard InChI is InChI=1S/C26H39N3O4/c1-8-10-14-27-23(30)22(20-13-11-12-19(9-2)16-20)29(21-15-17(21)3)24(31)18(4)28-25(32)33-26(5,6)7/h9,11-13,16-18,21-22H,2,8,10,14-15H2,1,3-7H3,(H,27,30)(H,28,32). The molecule has 1 aromatic rings. The van der Waals surface area contributed by atoms with E-state index in [1.54, 1.807) is 38.7 Å². The Hall–Kier alpha value is -2.83. The van der Waals surface area contributed by atoms with Gasteiger partial charge in [0.15, 0.2) is 0 Å². The van der Waals surface area contributed by atoms with E-state index in [0.29, 0.717) is 6.54 Å². The molecule has 1 aromatic carbocycles. The van der Waals surface area contributed by atoms with Crippen molar-refractivity contribution in [3.05, 3.63) is 42.0 Å². The van der Waals surface area contributed by atoms with Crippen LogP contribution in [0, 0.1) is 5.92 Å². The highest BCUT2D eigenvalue weighted by molar-refractivity contribution is 5.92. The first-order valence-corrected chi connectivity index (χ1v) is 11.8. The molecule has 0 aliphatic heterocycles. The van der Waals surface area contributed by atoms with Crippen LogP contribution >= 0.6 is 0 Å². The largest absolute Gasteiger partial charge is 0.444 e. The quantitative estimate of drug-likeness (QED) is 0.509. The number of nitrogens with zero attached hydrogens (tertiary/aromatic N) is 1. The lowest BCUT2D eigenvalue weighted by molar-refractivity contribution is -0.143. The van der Waals surface area contributed by atoms with Gasteiger partial charge in [-0.25, -0.2) is 4.79 Å². The van der Waals surface area contributed by atoms with Crippen LogP contribution in [0.4, 0.5) is 4.79 Å². The van der Waals surface area contributed by atoms with Gasteiger partial charge in [0.05, 0.1) is 0 Å². The molecule has 33 heavy (non-hydrogen) atoms. The zero-order valence-electron chi connectivity index (χ0n) is 20.8. The van der Waals surface area contributed by atoms with E-state index in [-0.39, 0.29) is 23.8 Å². The number of unbranched alkanes of at least 4 members (excludes halogenated alkanes) is 1. The maximum absolute atomic E-state index is 13.6. The Morgan fingerprint density at radius 2 is 1.97 bits per heavy atom. The van der Waals surface area contributed by atoms with Gasteiger partial charge in [-0.15, -0.1) is 0 Å². The molecule has 0 heterocycles. The van der Waals surface area contributed by atoms with Crippen molar-refractivity contribution in [3.8, 4) is 0 Å². The van der Waals surface area contributed by atoms with E-state index >= 15 is 0 Å². The summed E-state index contributed by atoms with van der Waals surface area (Å²) in [5.41, 5.74) is 0.915. The first kappa shape index (κ1) is 26.4. The van der Waals surface area contributed by atoms with Crippen LogP contribution in [-0.2, 0) is 14.3 Å². The van der Waals surface area contributed by atoms with Crippen molar-refractivity contribution in [2.45, 2.75) is 84.5 Å². The maximum atomic E-state index is 13.6. The van der Waals surface area contributed by atoms with Crippen LogP contribution in [0.1, 0.15) is 78.0 Å². The number of nitrogens with one attached hydrogen (secondary N) is 2. The van der Waals surface area contributed by atoms with E-state index in [0.717, 1.165) is 30.4 Å². The Morgan fingerprint density at radius 1 is 1.30 bits per heavy atom. The van der Waals surface area contributed by atoms with Gasteiger partial charge in [-0.05, 0) is 63.6 Å². The highest BCUT2D eigenvalue weighted by Gasteiger charge is 2.47. The minimum absolute atomic E-state index is 0.0744. The number of hydrogen-bond donors (Lipinski definition) is 2. The van der Waals surface area contributed by atoms with Gasteiger partial charge in [-0.3, -0.25) is 9.59 Å². The third kappa shape index (κ3) is 7.62. The fraction of sp³-hybridized carbons (Fsp3) is 0.577. The minimum Gasteiger partial charge on any atom is -0.444 e. The summed E-state index contributed by atoms with van der Waals surface area (Å²) in [6, 6.07) is 5.79. The van der Waals surface area contributed by atoms with Crippen LogP contribution in [0.2, 0.25) is 0 Å². The molecule has 0 radical (unpaired) electrons. The molecule has 2 rings (SSSR count). The normalized spacial score (nSPS) is 19.1. The second kappa shape index (κ2) is 11.3. The Balaban J connectivity index is 2.37. The summed E-state index contributed by atoms with van der Waals surface area (Å²) in [5.74, 6) is -0.257. The van der Waals surface area contributed by atoms with Gasteiger partial charge in [0, 0.05) is 12.6 Å². The fourth-order valence-electron chi connectivity index (χ4n) is 3.72. The molecule has 4 atom stereocenters. The maximum Gasteiger partial charge on any atom is 0.408 e. The van der Waals surface area contributed by atoms with Crippen molar-refractivity contribution in [3.63, 3.8) is 0 Å². The van der Waals surface area contributed by atoms with Gasteiger partial charge in [0.25, 0.3) is 0 Å². The fourth-order valence-corrected chi connectivity index (χ4v) is 3.72. The van der Waals surface area contributed by atoms with Crippen LogP contribution in [0.3, 0.4) is 0 Å². The van der Waals surface area contributed by atoms with E-state index in [2.05, 4.69) is 31.1 Å². The lowest BCUT2D eigenvalue weighted by Gasteiger charge is -2.34. The molecule has 1 aliphatic carbocycles. The summed E-state index contributed by atoms with van der Waals surface area (Å²) in [4.78, 5) is 41.0. The molecule has 3 amide bonds. The first-order chi connectivity index (χ1) is 15.5. The van der Waals surface area contributed by atoms with E-state index in [1.165, 1.54) is 0 Å². The number of carbonyl (C=O) groups is 3. The molecule has 1 aliphatic rings. The summed E-state index contributed by atoms with van der Waals surface area (Å²) >= 11 is 0. The predicted octanol–water partition coefficient (Wildman–Crippen LogP) is 4.44. The minimum atomic E-state index is -0.846. The molecule has 7 heteroatoms. The number of hydrogen-bond acceptors (Lipinski definition) is 4. The van der Waals surface area contributed by atoms with E-state index in [9.17, 15) is 14.4 Å². The first-order valence-electron chi connectivity index (χ1n) is 11.8. The van der Waals surface area contributed by atoms with E-state index in [1.807, 2.05) is 24.3 Å². The molecule has 0 bridgehead atoms. The van der Waals surface area contributed by atoms with Crippen molar-refractivity contribution in [2.24, 2.45) is 5.92 Å². The monoisotopic (exact) mass is 457 g/mol. The van der Waals surface area contributed by atoms with Gasteiger partial charge >= 0.3 is 6.09 Å². The molecule has 2 N–H and O–H groups in total. The van der Waals surface area contributed by atoms with Gasteiger partial charge in [0.2, 0.25) is 11.8 Å². The highest BCUT2D eigenvalue weighted by atomic mass is 16.6. The summed E-state index contributed by atoms with van der Waals surface area (Å²) in [7, 11) is 0. The molecule has 1 saturated carbocycles. The lowest BCUT2D eigenvalue weighted by atomic mass is 10.00. The van der Waals surface area contributed by atoms with Crippen molar-refractivity contribution in [1.29, 1.82) is 0 Å².